The van der Waals surface area contributed by atoms with Gasteiger partial charge in [-0.3, -0.25) is 4.79 Å². The molecule has 0 amide bonds. The minimum atomic E-state index is -3.79. The van der Waals surface area contributed by atoms with Gasteiger partial charge in [0, 0.05) is 18.2 Å². The van der Waals surface area contributed by atoms with Gasteiger partial charge in [-0.2, -0.15) is 0 Å². The minimum Gasteiger partial charge on any atom is -0.448 e. The van der Waals surface area contributed by atoms with Gasteiger partial charge in [-0.25, -0.2) is 8.42 Å². The SMILES string of the molecule is CC(C)(C)c1ccc(S(=O)(=O)C(CC2Cc3ccccc3N2)OC=O)cc1. The molecule has 1 N–H and O–H groups in total. The summed E-state index contributed by atoms with van der Waals surface area (Å²) in [6.45, 7) is 6.42. The predicted octanol–water partition coefficient (Wildman–Crippen LogP) is 3.68. The Kier molecular flexibility index (Phi) is 5.29. The number of sulfone groups is 1. The molecule has 6 heteroatoms. The number of benzene rings is 2. The van der Waals surface area contributed by atoms with E-state index in [1.165, 1.54) is 0 Å². The quantitative estimate of drug-likeness (QED) is 0.766. The summed E-state index contributed by atoms with van der Waals surface area (Å²) in [5.74, 6) is 0. The van der Waals surface area contributed by atoms with E-state index < -0.39 is 15.3 Å². The van der Waals surface area contributed by atoms with E-state index >= 15 is 0 Å². The number of carbonyl (C=O) groups is 1. The number of anilines is 1. The van der Waals surface area contributed by atoms with E-state index in [9.17, 15) is 13.2 Å². The summed E-state index contributed by atoms with van der Waals surface area (Å²) in [6, 6.07) is 14.6. The van der Waals surface area contributed by atoms with Crippen molar-refractivity contribution in [1.29, 1.82) is 0 Å². The van der Waals surface area contributed by atoms with Crippen LogP contribution in [0.4, 0.5) is 5.69 Å². The predicted molar refractivity (Wildman–Crippen MR) is 105 cm³/mol. The Morgan fingerprint density at radius 2 is 1.81 bits per heavy atom. The molecular formula is C21H25NO4S. The molecule has 0 saturated carbocycles. The standard InChI is InChI=1S/C21H25NO4S/c1-21(2,3)16-8-10-18(11-9-16)27(24,25)20(26-14-23)13-17-12-15-6-4-5-7-19(15)22-17/h4-11,14,17,20,22H,12-13H2,1-3H3. The first-order chi connectivity index (χ1) is 12.7. The van der Waals surface area contributed by atoms with Crippen LogP contribution >= 0.6 is 0 Å². The van der Waals surface area contributed by atoms with E-state index in [0.29, 0.717) is 6.42 Å². The lowest BCUT2D eigenvalue weighted by Crippen LogP contribution is -2.31. The topological polar surface area (TPSA) is 72.5 Å². The summed E-state index contributed by atoms with van der Waals surface area (Å²) in [4.78, 5) is 11.1. The second-order valence-electron chi connectivity index (χ2n) is 7.92. The van der Waals surface area contributed by atoms with Gasteiger partial charge in [0.25, 0.3) is 6.47 Å². The van der Waals surface area contributed by atoms with Crippen LogP contribution in [0.3, 0.4) is 0 Å². The molecule has 0 spiro atoms. The Hall–Kier alpha value is -2.34. The number of hydrogen-bond acceptors (Lipinski definition) is 5. The smallest absolute Gasteiger partial charge is 0.294 e. The molecule has 0 saturated heterocycles. The molecule has 3 rings (SSSR count). The Morgan fingerprint density at radius 3 is 2.41 bits per heavy atom. The maximum Gasteiger partial charge on any atom is 0.294 e. The lowest BCUT2D eigenvalue weighted by atomic mass is 9.87. The van der Waals surface area contributed by atoms with Crippen molar-refractivity contribution in [2.75, 3.05) is 5.32 Å². The van der Waals surface area contributed by atoms with Gasteiger partial charge in [-0.05, 0) is 41.2 Å². The molecule has 0 radical (unpaired) electrons. The lowest BCUT2D eigenvalue weighted by molar-refractivity contribution is -0.130. The highest BCUT2D eigenvalue weighted by Crippen LogP contribution is 2.30. The fourth-order valence-electron chi connectivity index (χ4n) is 3.36. The van der Waals surface area contributed by atoms with Crippen LogP contribution in [-0.2, 0) is 31.2 Å². The second-order valence-corrected chi connectivity index (χ2v) is 10.0. The van der Waals surface area contributed by atoms with Crippen LogP contribution in [0, 0.1) is 0 Å². The van der Waals surface area contributed by atoms with Crippen LogP contribution in [0.25, 0.3) is 0 Å². The van der Waals surface area contributed by atoms with Crippen LogP contribution in [0.15, 0.2) is 53.4 Å². The van der Waals surface area contributed by atoms with Crippen molar-refractivity contribution in [1.82, 2.24) is 0 Å². The number of rotatable bonds is 6. The second kappa shape index (κ2) is 7.35. The number of fused-ring (bicyclic) bond motifs is 1. The molecule has 144 valence electrons. The largest absolute Gasteiger partial charge is 0.448 e. The molecule has 5 nitrogen and oxygen atoms in total. The third kappa shape index (κ3) is 4.16. The van der Waals surface area contributed by atoms with Gasteiger partial charge in [0.05, 0.1) is 4.90 Å². The molecule has 2 unspecified atom stereocenters. The van der Waals surface area contributed by atoms with E-state index in [1.54, 1.807) is 12.1 Å². The average Bonchev–Trinajstić information content (AvgIpc) is 3.03. The number of nitrogens with one attached hydrogen (secondary N) is 1. The van der Waals surface area contributed by atoms with Crippen molar-refractivity contribution in [2.45, 2.75) is 55.4 Å². The van der Waals surface area contributed by atoms with Gasteiger partial charge in [-0.1, -0.05) is 51.1 Å². The molecule has 2 aromatic carbocycles. The molecule has 1 heterocycles. The zero-order valence-electron chi connectivity index (χ0n) is 15.8. The zero-order valence-corrected chi connectivity index (χ0v) is 16.6. The number of carbonyl (C=O) groups excluding carboxylic acids is 1. The Balaban J connectivity index is 1.80. The fourth-order valence-corrected chi connectivity index (χ4v) is 4.86. The highest BCUT2D eigenvalue weighted by atomic mass is 32.2. The van der Waals surface area contributed by atoms with Crippen molar-refractivity contribution in [2.24, 2.45) is 0 Å². The molecule has 2 aromatic rings. The maximum atomic E-state index is 13.0. The summed E-state index contributed by atoms with van der Waals surface area (Å²) in [6.07, 6.45) is 0.893. The fraction of sp³-hybridized carbons (Fsp3) is 0.381. The minimum absolute atomic E-state index is 0.0689. The van der Waals surface area contributed by atoms with E-state index in [4.69, 9.17) is 4.74 Å². The molecular weight excluding hydrogens is 362 g/mol. The molecule has 27 heavy (non-hydrogen) atoms. The van der Waals surface area contributed by atoms with Gasteiger partial charge >= 0.3 is 0 Å². The first kappa shape index (κ1) is 19.4. The van der Waals surface area contributed by atoms with Crippen molar-refractivity contribution in [3.05, 3.63) is 59.7 Å². The van der Waals surface area contributed by atoms with Crippen molar-refractivity contribution < 1.29 is 17.9 Å². The summed E-state index contributed by atoms with van der Waals surface area (Å²) < 4.78 is 31.1. The highest BCUT2D eigenvalue weighted by molar-refractivity contribution is 7.92. The van der Waals surface area contributed by atoms with Crippen LogP contribution in [-0.4, -0.2) is 26.4 Å². The number of para-hydroxylation sites is 1. The summed E-state index contributed by atoms with van der Waals surface area (Å²) in [7, 11) is -3.79. The van der Waals surface area contributed by atoms with Crippen molar-refractivity contribution in [3.8, 4) is 0 Å². The van der Waals surface area contributed by atoms with Crippen LogP contribution in [0.1, 0.15) is 38.3 Å². The summed E-state index contributed by atoms with van der Waals surface area (Å²) >= 11 is 0. The lowest BCUT2D eigenvalue weighted by Gasteiger charge is -2.22. The van der Waals surface area contributed by atoms with Gasteiger partial charge < -0.3 is 10.1 Å². The Labute approximate surface area is 160 Å². The molecule has 1 aliphatic heterocycles. The first-order valence-electron chi connectivity index (χ1n) is 9.00. The van der Waals surface area contributed by atoms with Gasteiger partial charge in [0.1, 0.15) is 0 Å². The Bertz CT molecular complexity index is 889. The number of hydrogen-bond donors (Lipinski definition) is 1. The highest BCUT2D eigenvalue weighted by Gasteiger charge is 2.34. The third-order valence-electron chi connectivity index (χ3n) is 4.92. The van der Waals surface area contributed by atoms with Crippen LogP contribution in [0.2, 0.25) is 0 Å². The normalized spacial score (nSPS) is 17.7. The molecule has 0 aromatic heterocycles. The van der Waals surface area contributed by atoms with Crippen molar-refractivity contribution in [3.63, 3.8) is 0 Å². The maximum absolute atomic E-state index is 13.0. The van der Waals surface area contributed by atoms with Crippen LogP contribution < -0.4 is 5.32 Å². The van der Waals surface area contributed by atoms with E-state index in [-0.39, 0.29) is 29.2 Å². The van der Waals surface area contributed by atoms with Gasteiger partial charge in [-0.15, -0.1) is 0 Å². The summed E-state index contributed by atoms with van der Waals surface area (Å²) in [5, 5.41) is 3.32. The molecule has 0 bridgehead atoms. The van der Waals surface area contributed by atoms with E-state index in [0.717, 1.165) is 16.8 Å². The molecule has 1 aliphatic rings. The average molecular weight is 388 g/mol. The van der Waals surface area contributed by atoms with Crippen LogP contribution in [0.5, 0.6) is 0 Å². The zero-order chi connectivity index (χ0) is 19.7. The molecule has 0 aliphatic carbocycles. The van der Waals surface area contributed by atoms with Gasteiger partial charge in [0.15, 0.2) is 0 Å². The monoisotopic (exact) mass is 387 g/mol. The van der Waals surface area contributed by atoms with E-state index in [1.807, 2.05) is 36.4 Å². The first-order valence-corrected chi connectivity index (χ1v) is 10.5. The molecule has 2 atom stereocenters. The summed E-state index contributed by atoms with van der Waals surface area (Å²) in [5.41, 5.74) is 1.89. The van der Waals surface area contributed by atoms with Crippen molar-refractivity contribution >= 4 is 22.0 Å². The Morgan fingerprint density at radius 1 is 1.15 bits per heavy atom. The molecule has 0 fully saturated rings. The third-order valence-corrected chi connectivity index (χ3v) is 6.85. The number of ether oxygens (including phenoxy) is 1. The van der Waals surface area contributed by atoms with E-state index in [2.05, 4.69) is 26.1 Å². The van der Waals surface area contributed by atoms with Gasteiger partial charge in [0.2, 0.25) is 15.3 Å².